The minimum Gasteiger partial charge on any atom is -0.496 e. The average Bonchev–Trinajstić information content (AvgIpc) is 3.35. The lowest BCUT2D eigenvalue weighted by Crippen LogP contribution is -2.35. The van der Waals surface area contributed by atoms with Gasteiger partial charge in [0, 0.05) is 30.0 Å². The lowest BCUT2D eigenvalue weighted by atomic mass is 10.0. The number of methoxy groups -OCH3 is 1. The third-order valence-corrected chi connectivity index (χ3v) is 6.74. The Hall–Kier alpha value is -3.98. The van der Waals surface area contributed by atoms with Gasteiger partial charge in [0.05, 0.1) is 41.4 Å². The average molecular weight is 506 g/mol. The Morgan fingerprint density at radius 3 is 2.70 bits per heavy atom. The Bertz CT molecular complexity index is 1370. The predicted octanol–water partition coefficient (Wildman–Crippen LogP) is 4.41. The van der Waals surface area contributed by atoms with Gasteiger partial charge in [0.1, 0.15) is 11.6 Å². The van der Waals surface area contributed by atoms with Gasteiger partial charge in [-0.3, -0.25) is 14.6 Å². The third-order valence-electron chi connectivity index (χ3n) is 6.74. The van der Waals surface area contributed by atoms with Crippen LogP contribution >= 0.6 is 0 Å². The number of pyridine rings is 1. The maximum absolute atomic E-state index is 14.7. The van der Waals surface area contributed by atoms with Crippen LogP contribution in [0.3, 0.4) is 0 Å². The van der Waals surface area contributed by atoms with Crippen LogP contribution in [0.5, 0.6) is 5.75 Å². The second-order valence-corrected chi connectivity index (χ2v) is 8.89. The number of rotatable bonds is 9. The minimum absolute atomic E-state index is 0.155. The number of carbonyl (C=O) groups is 2. The van der Waals surface area contributed by atoms with Crippen molar-refractivity contribution in [1.29, 1.82) is 0 Å². The number of carbonyl (C=O) groups excluding carboxylic acids is 2. The number of hydrogen-bond donors (Lipinski definition) is 3. The molecule has 1 aliphatic heterocycles. The number of anilines is 1. The van der Waals surface area contributed by atoms with E-state index in [4.69, 9.17) is 4.74 Å². The van der Waals surface area contributed by atoms with Crippen molar-refractivity contribution in [2.75, 3.05) is 38.6 Å². The monoisotopic (exact) mass is 505 g/mol. The SMILES string of the molecule is CCN(CC)CCNC(=O)c1c(C)[nH]c(C=C2C(=O)Nc3cnc(-c4c(F)cccc4OC)cc32)c1C. The molecule has 1 aliphatic rings. The van der Waals surface area contributed by atoms with Crippen LogP contribution in [0.1, 0.15) is 46.7 Å². The van der Waals surface area contributed by atoms with Crippen molar-refractivity contribution < 1.29 is 18.7 Å². The molecular formula is C28H32FN5O3. The van der Waals surface area contributed by atoms with E-state index in [1.807, 2.05) is 13.8 Å². The van der Waals surface area contributed by atoms with Crippen molar-refractivity contribution in [1.82, 2.24) is 20.2 Å². The molecule has 9 heteroatoms. The van der Waals surface area contributed by atoms with Gasteiger partial charge in [0.25, 0.3) is 11.8 Å². The molecular weight excluding hydrogens is 473 g/mol. The molecule has 0 aliphatic carbocycles. The van der Waals surface area contributed by atoms with Gasteiger partial charge in [-0.15, -0.1) is 0 Å². The first-order chi connectivity index (χ1) is 17.8. The maximum Gasteiger partial charge on any atom is 0.256 e. The molecule has 4 rings (SSSR count). The highest BCUT2D eigenvalue weighted by molar-refractivity contribution is 6.35. The van der Waals surface area contributed by atoms with Gasteiger partial charge in [-0.05, 0) is 56.8 Å². The topological polar surface area (TPSA) is 99.4 Å². The number of ether oxygens (including phenoxy) is 1. The molecule has 0 bridgehead atoms. The number of amides is 2. The molecule has 0 saturated heterocycles. The van der Waals surface area contributed by atoms with Crippen LogP contribution in [0.15, 0.2) is 30.5 Å². The molecule has 194 valence electrons. The van der Waals surface area contributed by atoms with Crippen LogP contribution in [0.2, 0.25) is 0 Å². The largest absolute Gasteiger partial charge is 0.496 e. The van der Waals surface area contributed by atoms with Crippen LogP contribution < -0.4 is 15.4 Å². The Morgan fingerprint density at radius 1 is 1.24 bits per heavy atom. The molecule has 0 fully saturated rings. The van der Waals surface area contributed by atoms with Gasteiger partial charge < -0.3 is 25.3 Å². The molecule has 0 spiro atoms. The highest BCUT2D eigenvalue weighted by Gasteiger charge is 2.27. The number of benzene rings is 1. The molecule has 37 heavy (non-hydrogen) atoms. The fourth-order valence-corrected chi connectivity index (χ4v) is 4.65. The first-order valence-corrected chi connectivity index (χ1v) is 12.3. The van der Waals surface area contributed by atoms with Crippen molar-refractivity contribution >= 4 is 29.2 Å². The van der Waals surface area contributed by atoms with Crippen LogP contribution in [-0.4, -0.2) is 60.0 Å². The zero-order chi connectivity index (χ0) is 26.7. The van der Waals surface area contributed by atoms with E-state index in [-0.39, 0.29) is 17.4 Å². The van der Waals surface area contributed by atoms with Crippen molar-refractivity contribution in [2.24, 2.45) is 0 Å². The normalized spacial score (nSPS) is 13.7. The molecule has 8 nitrogen and oxygen atoms in total. The van der Waals surface area contributed by atoms with Crippen LogP contribution in [0.4, 0.5) is 10.1 Å². The summed E-state index contributed by atoms with van der Waals surface area (Å²) in [5.41, 5.74) is 4.79. The molecule has 0 unspecified atom stereocenters. The number of aryl methyl sites for hydroxylation is 1. The Balaban J connectivity index is 1.66. The third kappa shape index (κ3) is 5.13. The maximum atomic E-state index is 14.7. The van der Waals surface area contributed by atoms with E-state index in [0.717, 1.165) is 30.9 Å². The van der Waals surface area contributed by atoms with Gasteiger partial charge in [0.15, 0.2) is 0 Å². The van der Waals surface area contributed by atoms with E-state index in [9.17, 15) is 14.0 Å². The minimum atomic E-state index is -0.470. The summed E-state index contributed by atoms with van der Waals surface area (Å²) in [6.45, 7) is 11.1. The number of aromatic amines is 1. The van der Waals surface area contributed by atoms with Gasteiger partial charge in [0.2, 0.25) is 0 Å². The molecule has 1 aromatic carbocycles. The summed E-state index contributed by atoms with van der Waals surface area (Å²) >= 11 is 0. The van der Waals surface area contributed by atoms with E-state index >= 15 is 0 Å². The summed E-state index contributed by atoms with van der Waals surface area (Å²) in [7, 11) is 1.47. The zero-order valence-electron chi connectivity index (χ0n) is 21.8. The number of nitrogens with one attached hydrogen (secondary N) is 3. The summed E-state index contributed by atoms with van der Waals surface area (Å²) in [6.07, 6.45) is 3.23. The quantitative estimate of drug-likeness (QED) is 0.374. The van der Waals surface area contributed by atoms with Gasteiger partial charge >= 0.3 is 0 Å². The number of fused-ring (bicyclic) bond motifs is 1. The second kappa shape index (κ2) is 11.0. The Kier molecular flexibility index (Phi) is 7.73. The molecule has 3 heterocycles. The number of nitrogens with zero attached hydrogens (tertiary/aromatic N) is 2. The Morgan fingerprint density at radius 2 is 2.00 bits per heavy atom. The zero-order valence-corrected chi connectivity index (χ0v) is 21.8. The van der Waals surface area contributed by atoms with E-state index in [0.29, 0.717) is 46.1 Å². The van der Waals surface area contributed by atoms with Crippen LogP contribution in [-0.2, 0) is 4.79 Å². The van der Waals surface area contributed by atoms with Gasteiger partial charge in [-0.2, -0.15) is 0 Å². The lowest BCUT2D eigenvalue weighted by molar-refractivity contribution is -0.110. The van der Waals surface area contributed by atoms with E-state index in [2.05, 4.69) is 39.3 Å². The number of H-pyrrole nitrogens is 1. The molecule has 2 aromatic heterocycles. The van der Waals surface area contributed by atoms with Crippen molar-refractivity contribution in [3.8, 4) is 17.0 Å². The highest BCUT2D eigenvalue weighted by Crippen LogP contribution is 2.38. The first-order valence-electron chi connectivity index (χ1n) is 12.3. The second-order valence-electron chi connectivity index (χ2n) is 8.89. The summed E-state index contributed by atoms with van der Waals surface area (Å²) in [4.78, 5) is 35.7. The molecule has 0 radical (unpaired) electrons. The van der Waals surface area contributed by atoms with Crippen molar-refractivity contribution in [3.05, 3.63) is 64.4 Å². The van der Waals surface area contributed by atoms with E-state index in [1.165, 1.54) is 19.4 Å². The first kappa shape index (κ1) is 26.1. The summed E-state index contributed by atoms with van der Waals surface area (Å²) in [6, 6.07) is 6.24. The van der Waals surface area contributed by atoms with E-state index < -0.39 is 5.82 Å². The number of aromatic nitrogens is 2. The number of hydrogen-bond acceptors (Lipinski definition) is 5. The standard InChI is InChI=1S/C28H32FN5O3/c1-6-34(7-2)12-11-30-28(36)25-16(3)21(32-17(25)4)14-19-18-13-22(31-15-23(18)33-27(19)35)26-20(29)9-8-10-24(26)37-5/h8-10,13-15,32H,6-7,11-12H2,1-5H3,(H,30,36)(H,33,35). The van der Waals surface area contributed by atoms with E-state index in [1.54, 1.807) is 24.3 Å². The number of halogens is 1. The van der Waals surface area contributed by atoms with Crippen molar-refractivity contribution in [3.63, 3.8) is 0 Å². The fourth-order valence-electron chi connectivity index (χ4n) is 4.65. The molecule has 3 N–H and O–H groups in total. The summed E-state index contributed by atoms with van der Waals surface area (Å²) in [5.74, 6) is -0.575. The molecule has 2 amide bonds. The Labute approximate surface area is 215 Å². The van der Waals surface area contributed by atoms with Crippen LogP contribution in [0, 0.1) is 19.7 Å². The summed E-state index contributed by atoms with van der Waals surface area (Å²) < 4.78 is 20.0. The van der Waals surface area contributed by atoms with Crippen LogP contribution in [0.25, 0.3) is 22.9 Å². The van der Waals surface area contributed by atoms with Gasteiger partial charge in [-0.1, -0.05) is 19.9 Å². The molecule has 0 atom stereocenters. The smallest absolute Gasteiger partial charge is 0.256 e. The predicted molar refractivity (Wildman–Crippen MR) is 143 cm³/mol. The lowest BCUT2D eigenvalue weighted by Gasteiger charge is -2.18. The molecule has 0 saturated carbocycles. The summed E-state index contributed by atoms with van der Waals surface area (Å²) in [5, 5.41) is 5.81. The highest BCUT2D eigenvalue weighted by atomic mass is 19.1. The fraction of sp³-hybridized carbons (Fsp3) is 0.321. The van der Waals surface area contributed by atoms with Crippen molar-refractivity contribution in [2.45, 2.75) is 27.7 Å². The molecule has 3 aromatic rings. The number of likely N-dealkylation sites (N-methyl/N-ethyl adjacent to an activating group) is 1. The van der Waals surface area contributed by atoms with Gasteiger partial charge in [-0.25, -0.2) is 4.39 Å².